The van der Waals surface area contributed by atoms with Crippen LogP contribution in [0.15, 0.2) is 12.4 Å². The first kappa shape index (κ1) is 21.2. The van der Waals surface area contributed by atoms with Crippen LogP contribution < -0.4 is 5.73 Å². The molecule has 2 saturated heterocycles. The van der Waals surface area contributed by atoms with Gasteiger partial charge in [0.05, 0.1) is 11.7 Å². The summed E-state index contributed by atoms with van der Waals surface area (Å²) in [5.74, 6) is 0.617. The van der Waals surface area contributed by atoms with E-state index in [0.29, 0.717) is 32.0 Å². The van der Waals surface area contributed by atoms with E-state index in [1.54, 1.807) is 0 Å². The van der Waals surface area contributed by atoms with Crippen LogP contribution in [0.2, 0.25) is 0 Å². The lowest BCUT2D eigenvalue weighted by Crippen LogP contribution is -2.59. The van der Waals surface area contributed by atoms with Crippen LogP contribution in [0.1, 0.15) is 44.1 Å². The maximum absolute atomic E-state index is 12.7. The van der Waals surface area contributed by atoms with E-state index >= 15 is 0 Å². The van der Waals surface area contributed by atoms with Gasteiger partial charge in [-0.2, -0.15) is 5.10 Å². The molecule has 1 amide bonds. The Kier molecular flexibility index (Phi) is 7.99. The Labute approximate surface area is 155 Å². The van der Waals surface area contributed by atoms with Crippen LogP contribution >= 0.6 is 24.8 Å². The summed E-state index contributed by atoms with van der Waals surface area (Å²) in [6.07, 6.45) is 7.35. The molecule has 24 heavy (non-hydrogen) atoms. The van der Waals surface area contributed by atoms with E-state index in [-0.39, 0.29) is 30.7 Å². The normalized spacial score (nSPS) is 20.8. The summed E-state index contributed by atoms with van der Waals surface area (Å²) in [7, 11) is 0. The minimum atomic E-state index is -0.710. The lowest BCUT2D eigenvalue weighted by Gasteiger charge is -2.39. The molecule has 1 aromatic rings. The topological polar surface area (TPSA) is 73.4 Å². The minimum absolute atomic E-state index is 0. The van der Waals surface area contributed by atoms with Crippen molar-refractivity contribution in [3.63, 3.8) is 0 Å². The SMILES string of the molecule is CCn1cc(C2CCN(C(=O)C3(N)CCOCC3)CC2)cn1.Cl.Cl. The van der Waals surface area contributed by atoms with Gasteiger partial charge in [0, 0.05) is 39.0 Å². The molecule has 138 valence electrons. The molecule has 0 unspecified atom stereocenters. The van der Waals surface area contributed by atoms with Crippen molar-refractivity contribution in [1.82, 2.24) is 14.7 Å². The van der Waals surface area contributed by atoms with E-state index in [1.807, 2.05) is 15.8 Å². The second-order valence-corrected chi connectivity index (χ2v) is 6.46. The number of hydrogen-bond acceptors (Lipinski definition) is 4. The number of ether oxygens (including phenoxy) is 1. The van der Waals surface area contributed by atoms with Crippen LogP contribution in [0.4, 0.5) is 0 Å². The third-order valence-corrected chi connectivity index (χ3v) is 5.04. The number of carbonyl (C=O) groups is 1. The zero-order valence-electron chi connectivity index (χ0n) is 14.1. The molecule has 2 aliphatic heterocycles. The molecule has 0 bridgehead atoms. The van der Waals surface area contributed by atoms with Crippen molar-refractivity contribution >= 4 is 30.7 Å². The quantitative estimate of drug-likeness (QED) is 0.872. The second-order valence-electron chi connectivity index (χ2n) is 6.46. The van der Waals surface area contributed by atoms with Crippen molar-refractivity contribution in [2.45, 2.75) is 50.6 Å². The highest BCUT2D eigenvalue weighted by molar-refractivity contribution is 5.86. The van der Waals surface area contributed by atoms with Crippen LogP contribution in [0.25, 0.3) is 0 Å². The van der Waals surface area contributed by atoms with E-state index in [0.717, 1.165) is 32.5 Å². The number of halogens is 2. The van der Waals surface area contributed by atoms with Crippen molar-refractivity contribution < 1.29 is 9.53 Å². The van der Waals surface area contributed by atoms with Gasteiger partial charge in [-0.25, -0.2) is 0 Å². The summed E-state index contributed by atoms with van der Waals surface area (Å²) in [6, 6.07) is 0. The van der Waals surface area contributed by atoms with Gasteiger partial charge < -0.3 is 15.4 Å². The largest absolute Gasteiger partial charge is 0.381 e. The van der Waals surface area contributed by atoms with Crippen LogP contribution in [0.3, 0.4) is 0 Å². The molecule has 0 spiro atoms. The molecule has 2 fully saturated rings. The monoisotopic (exact) mass is 378 g/mol. The lowest BCUT2D eigenvalue weighted by atomic mass is 9.87. The van der Waals surface area contributed by atoms with Gasteiger partial charge in [-0.15, -0.1) is 24.8 Å². The number of amides is 1. The predicted molar refractivity (Wildman–Crippen MR) is 97.9 cm³/mol. The Morgan fingerprint density at radius 3 is 2.50 bits per heavy atom. The molecular weight excluding hydrogens is 351 g/mol. The summed E-state index contributed by atoms with van der Waals surface area (Å²) in [5.41, 5.74) is 6.90. The van der Waals surface area contributed by atoms with Crippen molar-refractivity contribution in [3.05, 3.63) is 18.0 Å². The Morgan fingerprint density at radius 1 is 1.33 bits per heavy atom. The van der Waals surface area contributed by atoms with Gasteiger partial charge in [-0.05, 0) is 44.1 Å². The van der Waals surface area contributed by atoms with E-state index in [4.69, 9.17) is 10.5 Å². The predicted octanol–water partition coefficient (Wildman–Crippen LogP) is 1.96. The average Bonchev–Trinajstić information content (AvgIpc) is 3.04. The first-order chi connectivity index (χ1) is 10.6. The molecule has 3 heterocycles. The Balaban J connectivity index is 0.00000144. The van der Waals surface area contributed by atoms with Gasteiger partial charge in [-0.1, -0.05) is 0 Å². The molecule has 0 saturated carbocycles. The molecule has 3 rings (SSSR count). The number of nitrogens with two attached hydrogens (primary N) is 1. The summed E-state index contributed by atoms with van der Waals surface area (Å²) in [4.78, 5) is 14.6. The fourth-order valence-electron chi connectivity index (χ4n) is 3.44. The number of aromatic nitrogens is 2. The third-order valence-electron chi connectivity index (χ3n) is 5.04. The summed E-state index contributed by atoms with van der Waals surface area (Å²) >= 11 is 0. The number of aryl methyl sites for hydroxylation is 1. The fraction of sp³-hybridized carbons (Fsp3) is 0.750. The molecule has 2 N–H and O–H groups in total. The summed E-state index contributed by atoms with van der Waals surface area (Å²) in [6.45, 7) is 5.76. The Morgan fingerprint density at radius 2 is 1.96 bits per heavy atom. The molecule has 6 nitrogen and oxygen atoms in total. The van der Waals surface area contributed by atoms with Crippen LogP contribution in [-0.2, 0) is 16.1 Å². The van der Waals surface area contributed by atoms with Crippen molar-refractivity contribution in [2.24, 2.45) is 5.73 Å². The maximum atomic E-state index is 12.7. The van der Waals surface area contributed by atoms with E-state index in [2.05, 4.69) is 18.2 Å². The zero-order valence-corrected chi connectivity index (χ0v) is 15.8. The van der Waals surface area contributed by atoms with Gasteiger partial charge in [-0.3, -0.25) is 9.48 Å². The van der Waals surface area contributed by atoms with Gasteiger partial charge in [0.1, 0.15) is 0 Å². The summed E-state index contributed by atoms with van der Waals surface area (Å²) in [5, 5.41) is 4.35. The smallest absolute Gasteiger partial charge is 0.242 e. The molecule has 8 heteroatoms. The van der Waals surface area contributed by atoms with E-state index in [1.165, 1.54) is 5.56 Å². The summed E-state index contributed by atoms with van der Waals surface area (Å²) < 4.78 is 7.29. The van der Waals surface area contributed by atoms with Gasteiger partial charge in [0.25, 0.3) is 0 Å². The maximum Gasteiger partial charge on any atom is 0.242 e. The van der Waals surface area contributed by atoms with Crippen LogP contribution in [0.5, 0.6) is 0 Å². The second kappa shape index (κ2) is 9.04. The molecule has 0 aromatic carbocycles. The zero-order chi connectivity index (χ0) is 15.6. The average molecular weight is 379 g/mol. The number of hydrogen-bond donors (Lipinski definition) is 1. The molecular formula is C16H28Cl2N4O2. The lowest BCUT2D eigenvalue weighted by molar-refractivity contribution is -0.141. The molecule has 1 aromatic heterocycles. The molecule has 0 aliphatic carbocycles. The highest BCUT2D eigenvalue weighted by atomic mass is 35.5. The van der Waals surface area contributed by atoms with E-state index in [9.17, 15) is 4.79 Å². The fourth-order valence-corrected chi connectivity index (χ4v) is 3.44. The highest BCUT2D eigenvalue weighted by Crippen LogP contribution is 2.30. The highest BCUT2D eigenvalue weighted by Gasteiger charge is 2.40. The van der Waals surface area contributed by atoms with E-state index < -0.39 is 5.54 Å². The van der Waals surface area contributed by atoms with Gasteiger partial charge >= 0.3 is 0 Å². The number of nitrogens with zero attached hydrogens (tertiary/aromatic N) is 3. The van der Waals surface area contributed by atoms with Crippen molar-refractivity contribution in [3.8, 4) is 0 Å². The van der Waals surface area contributed by atoms with Crippen LogP contribution in [0, 0.1) is 0 Å². The standard InChI is InChI=1S/C16H26N4O2.2ClH/c1-2-20-12-14(11-18-20)13-3-7-19(8-4-13)15(21)16(17)5-9-22-10-6-16;;/h11-13H,2-10,17H2,1H3;2*1H. The number of likely N-dealkylation sites (tertiary alicyclic amines) is 1. The number of rotatable bonds is 3. The van der Waals surface area contributed by atoms with Crippen molar-refractivity contribution in [1.29, 1.82) is 0 Å². The Bertz CT molecular complexity index is 524. The number of piperidine rings is 1. The van der Waals surface area contributed by atoms with Gasteiger partial charge in [0.2, 0.25) is 5.91 Å². The molecule has 0 radical (unpaired) electrons. The van der Waals surface area contributed by atoms with Crippen molar-refractivity contribution in [2.75, 3.05) is 26.3 Å². The Hall–Kier alpha value is -0.820. The van der Waals surface area contributed by atoms with Crippen LogP contribution in [-0.4, -0.2) is 52.4 Å². The first-order valence-corrected chi connectivity index (χ1v) is 8.31. The van der Waals surface area contributed by atoms with Gasteiger partial charge in [0.15, 0.2) is 0 Å². The molecule has 2 aliphatic rings. The number of carbonyl (C=O) groups excluding carboxylic acids is 1. The minimum Gasteiger partial charge on any atom is -0.381 e. The first-order valence-electron chi connectivity index (χ1n) is 8.31. The third kappa shape index (κ3) is 4.42. The molecule has 0 atom stereocenters.